The summed E-state index contributed by atoms with van der Waals surface area (Å²) in [6, 6.07) is 0. The fraction of sp³-hybridized carbons (Fsp3) is 1.00. The molecular formula is C61H116O20. The lowest BCUT2D eigenvalue weighted by Gasteiger charge is -2.64. The summed E-state index contributed by atoms with van der Waals surface area (Å²) >= 11 is 0. The first-order valence-electron chi connectivity index (χ1n) is 31.6. The van der Waals surface area contributed by atoms with Crippen molar-refractivity contribution in [1.82, 2.24) is 0 Å². The van der Waals surface area contributed by atoms with Gasteiger partial charge in [-0.15, -0.1) is 0 Å². The molecule has 0 aromatic heterocycles. The van der Waals surface area contributed by atoms with Crippen LogP contribution in [0.4, 0.5) is 0 Å². The van der Waals surface area contributed by atoms with Crippen LogP contribution in [0.2, 0.25) is 0 Å². The number of aliphatic hydroxyl groups excluding tert-OH is 3. The van der Waals surface area contributed by atoms with Crippen molar-refractivity contribution in [2.45, 2.75) is 123 Å². The maximum atomic E-state index is 8.83. The summed E-state index contributed by atoms with van der Waals surface area (Å²) < 4.78 is 100.0. The van der Waals surface area contributed by atoms with Crippen molar-refractivity contribution in [1.29, 1.82) is 0 Å². The van der Waals surface area contributed by atoms with Crippen LogP contribution in [0.5, 0.6) is 0 Å². The molecular weight excluding hydrogens is 1050 g/mol. The van der Waals surface area contributed by atoms with E-state index in [4.69, 9.17) is 95.8 Å². The highest BCUT2D eigenvalue weighted by Crippen LogP contribution is 2.69. The number of hydrogen-bond donors (Lipinski definition) is 3. The van der Waals surface area contributed by atoms with Gasteiger partial charge in [0.15, 0.2) is 0 Å². The van der Waals surface area contributed by atoms with Crippen molar-refractivity contribution in [3.05, 3.63) is 0 Å². The molecule has 0 spiro atoms. The molecule has 3 N–H and O–H groups in total. The molecule has 0 saturated heterocycles. The topological polar surface area (TPSA) is 218 Å². The van der Waals surface area contributed by atoms with Crippen molar-refractivity contribution in [2.75, 3.05) is 225 Å². The summed E-state index contributed by atoms with van der Waals surface area (Å²) in [7, 11) is 0. The first-order valence-corrected chi connectivity index (χ1v) is 31.6. The number of unbranched alkanes of at least 4 members (excludes halogenated alkanes) is 2. The third-order valence-corrected chi connectivity index (χ3v) is 17.4. The minimum Gasteiger partial charge on any atom is -0.394 e. The van der Waals surface area contributed by atoms with Crippen molar-refractivity contribution >= 4 is 0 Å². The Labute approximate surface area is 488 Å². The molecule has 4 rings (SSSR count). The van der Waals surface area contributed by atoms with Gasteiger partial charge in [0.05, 0.1) is 230 Å². The molecule has 0 unspecified atom stereocenters. The molecule has 0 heterocycles. The molecule has 11 atom stereocenters. The molecule has 480 valence electrons. The Morgan fingerprint density at radius 3 is 1.21 bits per heavy atom. The third kappa shape index (κ3) is 28.7. The van der Waals surface area contributed by atoms with Gasteiger partial charge in [0.1, 0.15) is 0 Å². The predicted octanol–water partition coefficient (Wildman–Crippen LogP) is 5.84. The Morgan fingerprint density at radius 2 is 0.778 bits per heavy atom. The fourth-order valence-electron chi connectivity index (χ4n) is 13.5. The predicted molar refractivity (Wildman–Crippen MR) is 306 cm³/mol. The van der Waals surface area contributed by atoms with E-state index in [-0.39, 0.29) is 49.0 Å². The summed E-state index contributed by atoms with van der Waals surface area (Å²) in [5.41, 5.74) is 0.177. The van der Waals surface area contributed by atoms with Gasteiger partial charge in [-0.25, -0.2) is 0 Å². The molecule has 0 aromatic rings. The van der Waals surface area contributed by atoms with Gasteiger partial charge in [0, 0.05) is 18.6 Å². The molecule has 81 heavy (non-hydrogen) atoms. The van der Waals surface area contributed by atoms with Crippen LogP contribution in [0, 0.1) is 46.3 Å². The second kappa shape index (κ2) is 47.3. The molecule has 4 aliphatic carbocycles. The highest BCUT2D eigenvalue weighted by Gasteiger charge is 2.66. The monoisotopic (exact) mass is 1170 g/mol. The third-order valence-electron chi connectivity index (χ3n) is 17.4. The smallest absolute Gasteiger partial charge is 0.0704 e. The van der Waals surface area contributed by atoms with E-state index in [2.05, 4.69) is 27.7 Å². The summed E-state index contributed by atoms with van der Waals surface area (Å²) in [4.78, 5) is 0. The minimum absolute atomic E-state index is 0.0161. The van der Waals surface area contributed by atoms with Crippen molar-refractivity contribution in [3.8, 4) is 0 Å². The van der Waals surface area contributed by atoms with E-state index in [1.807, 2.05) is 0 Å². The maximum Gasteiger partial charge on any atom is 0.0704 e. The van der Waals surface area contributed by atoms with Crippen molar-refractivity contribution in [2.24, 2.45) is 46.3 Å². The van der Waals surface area contributed by atoms with E-state index in [0.717, 1.165) is 51.4 Å². The van der Waals surface area contributed by atoms with Crippen molar-refractivity contribution in [3.63, 3.8) is 0 Å². The van der Waals surface area contributed by atoms with E-state index >= 15 is 0 Å². The van der Waals surface area contributed by atoms with Crippen LogP contribution in [0.1, 0.15) is 105 Å². The second-order valence-electron chi connectivity index (χ2n) is 22.6. The molecule has 4 aliphatic rings. The van der Waals surface area contributed by atoms with Gasteiger partial charge in [-0.3, -0.25) is 0 Å². The SMILES string of the molecule is CCC[C@@H](C)[C@H]1CC[C@H]2[C@@H]3[C@H](OCCOCCOCCOCCCCCOCCO)C[C@@H]4C[C@H](OCCOCCOCCOCCOCCOCCO)CC[C@]4(C)[C@H]3C[C@H](OCCOCCOCCOCCOCCOCCO)[C@]12C. The van der Waals surface area contributed by atoms with Gasteiger partial charge in [-0.1, -0.05) is 40.5 Å². The molecule has 4 saturated carbocycles. The highest BCUT2D eigenvalue weighted by molar-refractivity contribution is 5.15. The van der Waals surface area contributed by atoms with E-state index in [9.17, 15) is 0 Å². The maximum absolute atomic E-state index is 8.83. The van der Waals surface area contributed by atoms with Crippen molar-refractivity contribution < 1.29 is 95.8 Å². The lowest BCUT2D eigenvalue weighted by molar-refractivity contribution is -0.230. The molecule has 0 aliphatic heterocycles. The van der Waals surface area contributed by atoms with E-state index in [1.165, 1.54) is 25.7 Å². The van der Waals surface area contributed by atoms with Gasteiger partial charge >= 0.3 is 0 Å². The van der Waals surface area contributed by atoms with E-state index < -0.39 is 0 Å². The van der Waals surface area contributed by atoms with Crippen LogP contribution in [0.25, 0.3) is 0 Å². The molecule has 0 bridgehead atoms. The molecule has 4 fully saturated rings. The second-order valence-corrected chi connectivity index (χ2v) is 22.6. The Balaban J connectivity index is 1.26. The van der Waals surface area contributed by atoms with Crippen LogP contribution in [0.3, 0.4) is 0 Å². The standard InChI is InChI=1S/C61H116O20/c1-5-9-51(2)54-10-11-55-59-56(50-58(61(54,55)4)81-47-44-78-41-38-75-35-33-73-31-29-71-27-24-68-21-16-64)60(3)13-12-53(79-45-42-76-39-36-74-34-32-72-30-28-70-26-23-67-20-15-63)48-52(60)49-57(59)80-46-43-77-40-37-69-25-22-66-18-8-6-7-17-65-19-14-62/h51-59,62-64H,5-50H2,1-4H3/t51-,52+,53-,54-,55+,56+,57-,58+,59+,60+,61-/m1/s1. The lowest BCUT2D eigenvalue weighted by atomic mass is 9.43. The molecule has 20 nitrogen and oxygen atoms in total. The van der Waals surface area contributed by atoms with E-state index in [0.29, 0.717) is 240 Å². The first kappa shape index (κ1) is 72.7. The van der Waals surface area contributed by atoms with Crippen LogP contribution >= 0.6 is 0 Å². The number of hydrogen-bond acceptors (Lipinski definition) is 20. The number of fused-ring (bicyclic) bond motifs is 5. The molecule has 0 radical (unpaired) electrons. The fourth-order valence-corrected chi connectivity index (χ4v) is 13.5. The summed E-state index contributed by atoms with van der Waals surface area (Å²) in [6.07, 6.45) is 13.6. The average molecular weight is 1170 g/mol. The molecule has 20 heteroatoms. The summed E-state index contributed by atoms with van der Waals surface area (Å²) in [5, 5.41) is 26.4. The zero-order valence-electron chi connectivity index (χ0n) is 51.0. The summed E-state index contributed by atoms with van der Waals surface area (Å²) in [5.74, 6) is 3.08. The van der Waals surface area contributed by atoms with Gasteiger partial charge < -0.3 is 95.8 Å². The zero-order chi connectivity index (χ0) is 57.7. The Bertz CT molecular complexity index is 1430. The van der Waals surface area contributed by atoms with Crippen LogP contribution in [-0.4, -0.2) is 258 Å². The molecule has 0 amide bonds. The van der Waals surface area contributed by atoms with Gasteiger partial charge in [0.2, 0.25) is 0 Å². The number of rotatable bonds is 57. The molecule has 0 aromatic carbocycles. The largest absolute Gasteiger partial charge is 0.394 e. The number of ether oxygens (including phenoxy) is 17. The average Bonchev–Trinajstić information content (AvgIpc) is 3.89. The van der Waals surface area contributed by atoms with Crippen LogP contribution in [-0.2, 0) is 80.5 Å². The Hall–Kier alpha value is -0.800. The highest BCUT2D eigenvalue weighted by atomic mass is 16.6. The normalized spacial score (nSPS) is 26.7. The van der Waals surface area contributed by atoms with Crippen LogP contribution in [0.15, 0.2) is 0 Å². The Morgan fingerprint density at radius 1 is 0.395 bits per heavy atom. The number of aliphatic hydroxyl groups is 3. The zero-order valence-corrected chi connectivity index (χ0v) is 51.0. The quantitative estimate of drug-likeness (QED) is 0.0610. The van der Waals surface area contributed by atoms with Crippen LogP contribution < -0.4 is 0 Å². The summed E-state index contributed by atoms with van der Waals surface area (Å²) in [6.45, 7) is 25.8. The lowest BCUT2D eigenvalue weighted by Crippen LogP contribution is -2.63. The van der Waals surface area contributed by atoms with Gasteiger partial charge in [0.25, 0.3) is 0 Å². The first-order chi connectivity index (χ1) is 39.8. The minimum atomic E-state index is 0.0161. The van der Waals surface area contributed by atoms with Gasteiger partial charge in [-0.05, 0) is 105 Å². The Kier molecular flexibility index (Phi) is 42.4. The van der Waals surface area contributed by atoms with Gasteiger partial charge in [-0.2, -0.15) is 0 Å². The van der Waals surface area contributed by atoms with E-state index in [1.54, 1.807) is 0 Å².